The van der Waals surface area contributed by atoms with E-state index >= 15 is 0 Å². The second-order valence-electron chi connectivity index (χ2n) is 36.5. The average molecular weight is 1790 g/mol. The van der Waals surface area contributed by atoms with E-state index in [2.05, 4.69) is 79.3 Å². The summed E-state index contributed by atoms with van der Waals surface area (Å²) in [5.74, 6) is -1.97. The van der Waals surface area contributed by atoms with Crippen LogP contribution in [0.25, 0.3) is 0 Å². The van der Waals surface area contributed by atoms with Crippen molar-refractivity contribution < 1.29 is 119 Å². The van der Waals surface area contributed by atoms with E-state index < -0.39 is 36.5 Å². The van der Waals surface area contributed by atoms with Gasteiger partial charge in [-0.05, 0) is 155 Å². The molecule has 0 aromatic carbocycles. The molecule has 22 atom stereocenters. The number of ether oxygens (including phenoxy) is 15. The van der Waals surface area contributed by atoms with Crippen LogP contribution in [-0.2, 0) is 119 Å². The molecule has 0 aromatic rings. The molecule has 0 amide bonds. The van der Waals surface area contributed by atoms with E-state index in [4.69, 9.17) is 71.1 Å². The smallest absolute Gasteiger partial charge is 0.334 e. The van der Waals surface area contributed by atoms with Gasteiger partial charge in [0, 0.05) is 111 Å². The fraction of sp³-hybridized carbons (Fsp3) is 0.505. The Labute approximate surface area is 763 Å². The summed E-state index contributed by atoms with van der Waals surface area (Å²) in [6.07, 6.45) is 23.1. The number of hydrogen-bond acceptors (Lipinski definition) is 25. The molecule has 0 aromatic heterocycles. The van der Waals surface area contributed by atoms with Crippen molar-refractivity contribution in [2.45, 2.75) is 291 Å². The van der Waals surface area contributed by atoms with Crippen molar-refractivity contribution in [2.75, 3.05) is 0 Å². The zero-order chi connectivity index (χ0) is 94.9. The van der Waals surface area contributed by atoms with Gasteiger partial charge in [-0.25, -0.2) is 28.8 Å². The van der Waals surface area contributed by atoms with Gasteiger partial charge in [-0.1, -0.05) is 162 Å². The summed E-state index contributed by atoms with van der Waals surface area (Å²) in [6.45, 7) is 68.7. The molecule has 25 nitrogen and oxygen atoms in total. The molecule has 15 aliphatic rings. The predicted molar refractivity (Wildman–Crippen MR) is 485 cm³/mol. The average Bonchev–Trinajstić information content (AvgIpc) is 1.66. The zero-order valence-electron chi connectivity index (χ0n) is 77.6. The summed E-state index contributed by atoms with van der Waals surface area (Å²) >= 11 is 0. The second-order valence-corrected chi connectivity index (χ2v) is 36.5. The highest BCUT2D eigenvalue weighted by Gasteiger charge is 2.51. The third-order valence-electron chi connectivity index (χ3n) is 26.2. The van der Waals surface area contributed by atoms with E-state index in [0.717, 1.165) is 71.1 Å². The van der Waals surface area contributed by atoms with Crippen LogP contribution in [-0.4, -0.2) is 151 Å². The van der Waals surface area contributed by atoms with Crippen molar-refractivity contribution in [3.8, 4) is 0 Å². The lowest BCUT2D eigenvalue weighted by atomic mass is 9.85. The predicted octanol–water partition coefficient (Wildman–Crippen LogP) is 18.2. The summed E-state index contributed by atoms with van der Waals surface area (Å²) in [6, 6.07) is 0. The number of carbonyl (C=O) groups excluding carboxylic acids is 10. The topological polar surface area (TPSA) is 309 Å². The molecular formula is C105H128O25. The van der Waals surface area contributed by atoms with E-state index in [0.29, 0.717) is 156 Å². The molecule has 0 radical (unpaired) electrons. The van der Waals surface area contributed by atoms with Crippen molar-refractivity contribution in [1.29, 1.82) is 0 Å². The van der Waals surface area contributed by atoms with Gasteiger partial charge in [0.15, 0.2) is 0 Å². The fourth-order valence-electron chi connectivity index (χ4n) is 18.9. The van der Waals surface area contributed by atoms with Gasteiger partial charge < -0.3 is 71.1 Å². The van der Waals surface area contributed by atoms with Gasteiger partial charge in [0.25, 0.3) is 0 Å². The van der Waals surface area contributed by atoms with Crippen molar-refractivity contribution >= 4 is 59.7 Å². The van der Waals surface area contributed by atoms with E-state index in [1.807, 2.05) is 137 Å². The largest absolute Gasteiger partial charge is 0.490 e. The van der Waals surface area contributed by atoms with Gasteiger partial charge in [-0.2, -0.15) is 0 Å². The van der Waals surface area contributed by atoms with Crippen LogP contribution >= 0.6 is 0 Å². The van der Waals surface area contributed by atoms with E-state index in [1.54, 1.807) is 0 Å². The van der Waals surface area contributed by atoms with Crippen molar-refractivity contribution in [1.82, 2.24) is 0 Å². The summed E-state index contributed by atoms with van der Waals surface area (Å²) in [4.78, 5) is 122. The number of carbonyl (C=O) groups is 10. The number of hydrogen-bond donors (Lipinski definition) is 0. The van der Waals surface area contributed by atoms with Crippen LogP contribution in [0.2, 0.25) is 0 Å². The first-order valence-electron chi connectivity index (χ1n) is 45.4. The zero-order valence-corrected chi connectivity index (χ0v) is 77.6. The Morgan fingerprint density at radius 2 is 0.615 bits per heavy atom. The molecule has 7 unspecified atom stereocenters. The van der Waals surface area contributed by atoms with Crippen LogP contribution in [0.4, 0.5) is 0 Å². The van der Waals surface area contributed by atoms with Gasteiger partial charge in [-0.15, -0.1) is 0 Å². The van der Waals surface area contributed by atoms with E-state index in [-0.39, 0.29) is 162 Å². The van der Waals surface area contributed by atoms with E-state index in [9.17, 15) is 47.9 Å². The van der Waals surface area contributed by atoms with Crippen molar-refractivity contribution in [3.05, 3.63) is 251 Å². The molecule has 130 heavy (non-hydrogen) atoms. The molecule has 0 spiro atoms. The Bertz CT molecular complexity index is 5020. The number of fused-ring (bicyclic) bond motifs is 10. The molecule has 0 N–H and O–H groups in total. The Balaban J connectivity index is 0.000000157. The van der Waals surface area contributed by atoms with Gasteiger partial charge in [0.05, 0.1) is 41.4 Å². The van der Waals surface area contributed by atoms with Crippen LogP contribution in [0, 0.1) is 47.3 Å². The highest BCUT2D eigenvalue weighted by atomic mass is 16.6. The van der Waals surface area contributed by atoms with Crippen LogP contribution in [0.3, 0.4) is 0 Å². The number of esters is 10. The van der Waals surface area contributed by atoms with Crippen LogP contribution in [0.5, 0.6) is 0 Å². The van der Waals surface area contributed by atoms with Crippen molar-refractivity contribution in [3.63, 3.8) is 0 Å². The van der Waals surface area contributed by atoms with Crippen LogP contribution in [0.15, 0.2) is 251 Å². The molecule has 15 rings (SSSR count). The minimum Gasteiger partial charge on any atom is -0.490 e. The summed E-state index contributed by atoms with van der Waals surface area (Å²) in [5, 5.41) is 0. The summed E-state index contributed by atoms with van der Waals surface area (Å²) in [5.41, 5.74) is 11.9. The Hall–Kier alpha value is -11.8. The van der Waals surface area contributed by atoms with Gasteiger partial charge in [0.2, 0.25) is 0 Å². The molecule has 5 saturated heterocycles. The first kappa shape index (κ1) is 98.8. The molecular weight excluding hydrogens is 1660 g/mol. The summed E-state index contributed by atoms with van der Waals surface area (Å²) in [7, 11) is 0. The second kappa shape index (κ2) is 42.9. The lowest BCUT2D eigenvalue weighted by Gasteiger charge is -2.27. The molecule has 0 saturated carbocycles. The lowest BCUT2D eigenvalue weighted by molar-refractivity contribution is -0.155. The van der Waals surface area contributed by atoms with Crippen molar-refractivity contribution in [2.24, 2.45) is 47.3 Å². The minimum absolute atomic E-state index is 0.129. The third-order valence-corrected chi connectivity index (χ3v) is 26.2. The lowest BCUT2D eigenvalue weighted by Crippen LogP contribution is -2.34. The number of allylic oxidation sites excluding steroid dienone is 5. The quantitative estimate of drug-likeness (QED) is 0.0600. The SMILES string of the molecule is C=C(CC)C(=O)O[C@@H]1/C=C(\C)C[C@@H]2C=C(CC3OC(=C)C(=C)[C@H]31)C(=O)O2.C=C1OC2CC3=C[C@@H](C/C(C)=C/[C@@H](OC(=O)C(C)CCC)[C@@H]2C1=C)OC3=O.C=C1OC2CC3=C[C@@H](C/C(C)=C/[C@@H](OC(=O)C(CC)CC)[C@@H]2C1=C)OC3=O.C=C1OC2CC3=C[C@@H](C/C(C)=C/[C@@H](OC(=O)CC(C)CC)[C@@H]2C1=C)OC3=O.C=C1OC2CC3=C[C@@H](C/C(C)=C/[C@@H](OC(C)=O)[C@@H]2C1=C)OC3=O. The Kier molecular flexibility index (Phi) is 32.6. The highest BCUT2D eigenvalue weighted by Crippen LogP contribution is 2.49. The molecule has 10 bridgehead atoms. The first-order chi connectivity index (χ1) is 61.5. The van der Waals surface area contributed by atoms with Gasteiger partial charge in [0.1, 0.15) is 120 Å². The highest BCUT2D eigenvalue weighted by molar-refractivity contribution is 5.94. The Morgan fingerprint density at radius 1 is 0.354 bits per heavy atom. The molecule has 10 aliphatic heterocycles. The molecule has 10 heterocycles. The molecule has 25 heteroatoms. The normalized spacial score (nSPS) is 33.3. The maximum absolute atomic E-state index is 12.7. The summed E-state index contributed by atoms with van der Waals surface area (Å²) < 4.78 is 85.4. The minimum atomic E-state index is -0.559. The standard InChI is InChI=1S/3C22H28O5.C21H24O5.C18H20O5/c1-6-12(2)9-20(23)27-18-8-13(3)7-17-10-16(22(24)26-17)11-19-21(18)14(4)15(5)25-19;1-6-7-13(3)21(23)27-18-9-12(2)8-17-10-16(22(24)26-17)11-19-20(18)14(4)15(5)25-19;1-6-15(7-2)21(23)27-18-9-12(3)8-17-10-16(22(24)26-17)11-19-20(18)13(4)14(5)25-19;1-6-12(3)20(22)26-17-8-11(2)7-16-9-15(21(23)25-16)10-18-19(17)13(4)14(5)24-18;1-9-5-14-7-13(18(20)23-14)8-16-17(10(2)11(3)21-16)15(6-9)22-12(4)19/h8,10,12,17-19,21H,4-7,9,11H2,1-3H3;9-10,13,17-20H,4-8,11H2,1-3H3;9-10,15,17-20H,4-8,11H2,1-3H3;8-9,16-19H,3-7,10H2,1-2H3;6-7,14-17H,2-3,5,8H2,1,4H3/b13-8+;2*12-9+;11-8+;9-6+/t12?,17-,18-,19?,21+;13?,17-,18-,19?,20+;17-,18-,19?,20+;16-,17-,18?,19+;14-,15-,16?,17+/m11111/s1. The Morgan fingerprint density at radius 3 is 0.869 bits per heavy atom. The van der Waals surface area contributed by atoms with Gasteiger partial charge >= 0.3 is 59.7 Å². The fourth-order valence-corrected chi connectivity index (χ4v) is 18.9. The molecule has 5 aliphatic carbocycles. The van der Waals surface area contributed by atoms with E-state index in [1.165, 1.54) is 6.92 Å². The first-order valence-corrected chi connectivity index (χ1v) is 45.4. The maximum Gasteiger partial charge on any atom is 0.334 e. The van der Waals surface area contributed by atoms with Crippen LogP contribution < -0.4 is 0 Å². The maximum atomic E-state index is 12.7. The molecule has 698 valence electrons. The molecule has 5 fully saturated rings. The third kappa shape index (κ3) is 23.7. The van der Waals surface area contributed by atoms with Crippen LogP contribution in [0.1, 0.15) is 199 Å². The van der Waals surface area contributed by atoms with Gasteiger partial charge in [-0.3, -0.25) is 19.2 Å². The number of rotatable bonds is 16. The monoisotopic (exact) mass is 1790 g/mol.